The van der Waals surface area contributed by atoms with Crippen LogP contribution in [0, 0.1) is 5.82 Å². The second-order valence-electron chi connectivity index (χ2n) is 8.01. The number of piperidine rings is 1. The van der Waals surface area contributed by atoms with E-state index in [4.69, 9.17) is 9.47 Å². The van der Waals surface area contributed by atoms with Crippen molar-refractivity contribution < 1.29 is 18.7 Å². The van der Waals surface area contributed by atoms with Gasteiger partial charge >= 0.3 is 6.09 Å². The van der Waals surface area contributed by atoms with Crippen molar-refractivity contribution in [3.8, 4) is 0 Å². The summed E-state index contributed by atoms with van der Waals surface area (Å²) in [7, 11) is 0. The van der Waals surface area contributed by atoms with Gasteiger partial charge in [-0.15, -0.1) is 0 Å². The number of anilines is 1. The van der Waals surface area contributed by atoms with Crippen molar-refractivity contribution in [1.29, 1.82) is 0 Å². The van der Waals surface area contributed by atoms with Crippen molar-refractivity contribution in [3.05, 3.63) is 30.1 Å². The molecule has 0 bridgehead atoms. The molecule has 1 amide bonds. The van der Waals surface area contributed by atoms with Gasteiger partial charge < -0.3 is 19.7 Å². The monoisotopic (exact) mass is 350 g/mol. The summed E-state index contributed by atoms with van der Waals surface area (Å²) in [6, 6.07) is 6.59. The van der Waals surface area contributed by atoms with Crippen molar-refractivity contribution >= 4 is 11.8 Å². The summed E-state index contributed by atoms with van der Waals surface area (Å²) in [4.78, 5) is 13.9. The molecule has 0 radical (unpaired) electrons. The lowest BCUT2D eigenvalue weighted by Gasteiger charge is -2.39. The third kappa shape index (κ3) is 4.63. The van der Waals surface area contributed by atoms with Crippen LogP contribution in [0.15, 0.2) is 24.3 Å². The summed E-state index contributed by atoms with van der Waals surface area (Å²) in [5, 5.41) is 3.41. The van der Waals surface area contributed by atoms with Gasteiger partial charge in [0, 0.05) is 18.8 Å². The van der Waals surface area contributed by atoms with E-state index in [1.165, 1.54) is 12.1 Å². The Bertz CT molecular complexity index is 604. The molecule has 0 aliphatic carbocycles. The van der Waals surface area contributed by atoms with Crippen LogP contribution in [-0.4, -0.2) is 47.9 Å². The summed E-state index contributed by atoms with van der Waals surface area (Å²) in [5.41, 5.74) is 0.259. The number of ether oxygens (including phenoxy) is 2. The van der Waals surface area contributed by atoms with E-state index in [2.05, 4.69) is 5.32 Å². The fraction of sp³-hybridized carbons (Fsp3) is 0.632. The minimum atomic E-state index is -0.472. The Morgan fingerprint density at radius 1 is 1.28 bits per heavy atom. The number of amides is 1. The topological polar surface area (TPSA) is 50.8 Å². The molecule has 5 nitrogen and oxygen atoms in total. The van der Waals surface area contributed by atoms with E-state index in [0.717, 1.165) is 24.9 Å². The largest absolute Gasteiger partial charge is 0.444 e. The van der Waals surface area contributed by atoms with Gasteiger partial charge in [0.15, 0.2) is 0 Å². The van der Waals surface area contributed by atoms with Crippen molar-refractivity contribution in [3.63, 3.8) is 0 Å². The van der Waals surface area contributed by atoms with Gasteiger partial charge in [-0.2, -0.15) is 0 Å². The minimum Gasteiger partial charge on any atom is -0.444 e. The van der Waals surface area contributed by atoms with Gasteiger partial charge in [-0.1, -0.05) is 0 Å². The zero-order chi connectivity index (χ0) is 18.1. The van der Waals surface area contributed by atoms with E-state index in [9.17, 15) is 9.18 Å². The van der Waals surface area contributed by atoms with Crippen LogP contribution in [0.4, 0.5) is 14.9 Å². The van der Waals surface area contributed by atoms with Crippen LogP contribution >= 0.6 is 0 Å². The maximum atomic E-state index is 13.0. The number of rotatable bonds is 2. The van der Waals surface area contributed by atoms with Crippen LogP contribution in [0.25, 0.3) is 0 Å². The normalized spacial score (nSPS) is 22.9. The smallest absolute Gasteiger partial charge is 0.410 e. The lowest BCUT2D eigenvalue weighted by atomic mass is 9.87. The third-order valence-electron chi connectivity index (χ3n) is 4.75. The predicted octanol–water partition coefficient (Wildman–Crippen LogP) is 3.80. The molecule has 2 aliphatic heterocycles. The van der Waals surface area contributed by atoms with Crippen LogP contribution in [0.5, 0.6) is 0 Å². The maximum absolute atomic E-state index is 13.0. The Morgan fingerprint density at radius 3 is 2.52 bits per heavy atom. The number of nitrogens with one attached hydrogen (secondary N) is 1. The Morgan fingerprint density at radius 2 is 1.92 bits per heavy atom. The first-order valence-electron chi connectivity index (χ1n) is 8.89. The van der Waals surface area contributed by atoms with Crippen LogP contribution in [0.2, 0.25) is 0 Å². The van der Waals surface area contributed by atoms with E-state index < -0.39 is 5.60 Å². The molecule has 1 aromatic carbocycles. The minimum absolute atomic E-state index is 0.170. The highest BCUT2D eigenvalue weighted by Gasteiger charge is 2.44. The van der Waals surface area contributed by atoms with Gasteiger partial charge in [-0.3, -0.25) is 0 Å². The van der Waals surface area contributed by atoms with Crippen molar-refractivity contribution in [2.45, 2.75) is 57.3 Å². The maximum Gasteiger partial charge on any atom is 0.410 e. The summed E-state index contributed by atoms with van der Waals surface area (Å²) < 4.78 is 24.5. The number of benzene rings is 1. The Labute approximate surface area is 148 Å². The van der Waals surface area contributed by atoms with Gasteiger partial charge in [0.05, 0.1) is 18.2 Å². The van der Waals surface area contributed by atoms with E-state index in [1.807, 2.05) is 20.8 Å². The molecule has 2 aliphatic rings. The molecular formula is C19H27FN2O3. The molecule has 25 heavy (non-hydrogen) atoms. The molecule has 1 N–H and O–H groups in total. The zero-order valence-electron chi connectivity index (χ0n) is 15.2. The van der Waals surface area contributed by atoms with Crippen molar-refractivity contribution in [2.75, 3.05) is 25.0 Å². The number of halogens is 1. The van der Waals surface area contributed by atoms with Gasteiger partial charge in [0.2, 0.25) is 0 Å². The Hall–Kier alpha value is -1.82. The molecular weight excluding hydrogens is 323 g/mol. The molecule has 1 aromatic rings. The first-order valence-corrected chi connectivity index (χ1v) is 8.89. The highest BCUT2D eigenvalue weighted by atomic mass is 19.1. The summed E-state index contributed by atoms with van der Waals surface area (Å²) in [6.45, 7) is 7.56. The standard InChI is InChI=1S/C19H27FN2O3/c1-18(2,3)25-17(23)22-10-8-19(9-11-22)12-16(13-24-19)21-15-6-4-14(20)5-7-15/h4-7,16,21H,8-13H2,1-3H3/t16-/m0/s1. The Balaban J connectivity index is 1.50. The van der Waals surface area contributed by atoms with Crippen LogP contribution in [0.1, 0.15) is 40.0 Å². The fourth-order valence-corrected chi connectivity index (χ4v) is 3.49. The average Bonchev–Trinajstić information content (AvgIpc) is 2.91. The first kappa shape index (κ1) is 18.0. The van der Waals surface area contributed by atoms with E-state index in [1.54, 1.807) is 17.0 Å². The molecule has 2 heterocycles. The average molecular weight is 350 g/mol. The first-order chi connectivity index (χ1) is 11.7. The zero-order valence-corrected chi connectivity index (χ0v) is 15.2. The molecule has 1 spiro atoms. The summed E-state index contributed by atoms with van der Waals surface area (Å²) >= 11 is 0. The van der Waals surface area contributed by atoms with Gasteiger partial charge in [-0.25, -0.2) is 9.18 Å². The Kier molecular flexibility index (Phi) is 4.91. The van der Waals surface area contributed by atoms with Gasteiger partial charge in [0.25, 0.3) is 0 Å². The number of likely N-dealkylation sites (tertiary alicyclic amines) is 1. The van der Waals surface area contributed by atoms with Crippen molar-refractivity contribution in [2.24, 2.45) is 0 Å². The molecule has 6 heteroatoms. The summed E-state index contributed by atoms with van der Waals surface area (Å²) in [5.74, 6) is -0.237. The number of hydrogen-bond acceptors (Lipinski definition) is 4. The van der Waals surface area contributed by atoms with E-state index in [0.29, 0.717) is 19.7 Å². The molecule has 3 rings (SSSR count). The molecule has 2 saturated heterocycles. The molecule has 0 aromatic heterocycles. The SMILES string of the molecule is CC(C)(C)OC(=O)N1CCC2(CC1)C[C@H](Nc1ccc(F)cc1)CO2. The number of nitrogens with zero attached hydrogens (tertiary/aromatic N) is 1. The van der Waals surface area contributed by atoms with E-state index >= 15 is 0 Å². The molecule has 0 unspecified atom stereocenters. The molecule has 138 valence electrons. The molecule has 2 fully saturated rings. The quantitative estimate of drug-likeness (QED) is 0.881. The predicted molar refractivity (Wildman–Crippen MR) is 94.2 cm³/mol. The van der Waals surface area contributed by atoms with Crippen molar-refractivity contribution in [1.82, 2.24) is 4.90 Å². The molecule has 0 saturated carbocycles. The number of hydrogen-bond donors (Lipinski definition) is 1. The second kappa shape index (κ2) is 6.83. The highest BCUT2D eigenvalue weighted by molar-refractivity contribution is 5.68. The van der Waals surface area contributed by atoms with Crippen LogP contribution < -0.4 is 5.32 Å². The van der Waals surface area contributed by atoms with Crippen LogP contribution in [0.3, 0.4) is 0 Å². The van der Waals surface area contributed by atoms with E-state index in [-0.39, 0.29) is 23.6 Å². The van der Waals surface area contributed by atoms with Gasteiger partial charge in [0.1, 0.15) is 11.4 Å². The van der Waals surface area contributed by atoms with Crippen LogP contribution in [-0.2, 0) is 9.47 Å². The second-order valence-corrected chi connectivity index (χ2v) is 8.01. The molecule has 1 atom stereocenters. The number of carbonyl (C=O) groups excluding carboxylic acids is 1. The lowest BCUT2D eigenvalue weighted by Crippen LogP contribution is -2.48. The summed E-state index contributed by atoms with van der Waals surface area (Å²) in [6.07, 6.45) is 2.27. The van der Waals surface area contributed by atoms with Gasteiger partial charge in [-0.05, 0) is 64.3 Å². The fourth-order valence-electron chi connectivity index (χ4n) is 3.49. The lowest BCUT2D eigenvalue weighted by molar-refractivity contribution is -0.0485. The highest BCUT2D eigenvalue weighted by Crippen LogP contribution is 2.37. The third-order valence-corrected chi connectivity index (χ3v) is 4.75. The number of carbonyl (C=O) groups is 1.